The van der Waals surface area contributed by atoms with E-state index in [1.54, 1.807) is 14.2 Å². The van der Waals surface area contributed by atoms with Gasteiger partial charge >= 0.3 is 0 Å². The van der Waals surface area contributed by atoms with Crippen LogP contribution in [0.15, 0.2) is 29.3 Å². The Kier molecular flexibility index (Phi) is 2.76. The molecule has 80 valence electrons. The van der Waals surface area contributed by atoms with Crippen molar-refractivity contribution in [2.24, 2.45) is 4.99 Å². The lowest BCUT2D eigenvalue weighted by Gasteiger charge is -2.05. The maximum absolute atomic E-state index is 5.33. The second kappa shape index (κ2) is 4.21. The molecule has 0 aliphatic carbocycles. The van der Waals surface area contributed by atoms with Crippen LogP contribution >= 0.6 is 0 Å². The molecule has 0 saturated heterocycles. The van der Waals surface area contributed by atoms with E-state index in [9.17, 15) is 0 Å². The van der Waals surface area contributed by atoms with Crippen LogP contribution in [0.1, 0.15) is 11.6 Å². The average Bonchev–Trinajstić information content (AvgIpc) is 2.78. The second-order valence-electron chi connectivity index (χ2n) is 3.28. The van der Waals surface area contributed by atoms with Gasteiger partial charge in [0.05, 0.1) is 7.11 Å². The van der Waals surface area contributed by atoms with Gasteiger partial charge in [-0.05, 0) is 17.7 Å². The predicted molar refractivity (Wildman–Crippen MR) is 58.2 cm³/mol. The predicted octanol–water partition coefficient (Wildman–Crippen LogP) is 1.34. The van der Waals surface area contributed by atoms with Gasteiger partial charge in [-0.25, -0.2) is 4.99 Å². The molecule has 1 aliphatic rings. The Morgan fingerprint density at radius 1 is 1.40 bits per heavy atom. The number of amidine groups is 1. The summed E-state index contributed by atoms with van der Waals surface area (Å²) in [5.41, 5.74) is 1.14. The van der Waals surface area contributed by atoms with Crippen LogP contribution in [-0.2, 0) is 4.74 Å². The van der Waals surface area contributed by atoms with Crippen LogP contribution in [0.4, 0.5) is 0 Å². The maximum Gasteiger partial charge on any atom is 0.285 e. The van der Waals surface area contributed by atoms with Crippen LogP contribution < -0.4 is 10.1 Å². The lowest BCUT2D eigenvalue weighted by molar-refractivity contribution is 0.308. The highest BCUT2D eigenvalue weighted by atomic mass is 16.5. The van der Waals surface area contributed by atoms with Gasteiger partial charge in [0.2, 0.25) is 0 Å². The molecule has 1 aromatic rings. The van der Waals surface area contributed by atoms with Gasteiger partial charge in [-0.15, -0.1) is 0 Å². The number of nitrogens with one attached hydrogen (secondary N) is 1. The number of methoxy groups -OCH3 is 1. The highest BCUT2D eigenvalue weighted by Gasteiger charge is 2.19. The number of nitrogens with zero attached hydrogens (tertiary/aromatic N) is 1. The van der Waals surface area contributed by atoms with Crippen molar-refractivity contribution in [1.29, 1.82) is 0 Å². The topological polar surface area (TPSA) is 42.9 Å². The van der Waals surface area contributed by atoms with E-state index in [4.69, 9.17) is 9.47 Å². The van der Waals surface area contributed by atoms with Crippen molar-refractivity contribution in [3.63, 3.8) is 0 Å². The first-order chi connectivity index (χ1) is 7.33. The Balaban J connectivity index is 2.13. The summed E-state index contributed by atoms with van der Waals surface area (Å²) in [7, 11) is 3.46. The Labute approximate surface area is 88.9 Å². The summed E-state index contributed by atoms with van der Waals surface area (Å²) >= 11 is 0. The highest BCUT2D eigenvalue weighted by molar-refractivity contribution is 5.75. The van der Waals surface area contributed by atoms with E-state index in [0.717, 1.165) is 11.3 Å². The summed E-state index contributed by atoms with van der Waals surface area (Å²) in [5.74, 6) is 0.857. The molecule has 0 radical (unpaired) electrons. The molecule has 1 aromatic carbocycles. The first kappa shape index (κ1) is 9.83. The molecular formula is C11H14N2O2. The van der Waals surface area contributed by atoms with E-state index in [1.165, 1.54) is 0 Å². The minimum absolute atomic E-state index is 0.0957. The van der Waals surface area contributed by atoms with Gasteiger partial charge < -0.3 is 14.8 Å². The van der Waals surface area contributed by atoms with Gasteiger partial charge in [0.1, 0.15) is 18.4 Å². The van der Waals surface area contributed by atoms with Gasteiger partial charge in [-0.1, -0.05) is 12.1 Å². The molecule has 0 fully saturated rings. The van der Waals surface area contributed by atoms with Gasteiger partial charge in [-0.3, -0.25) is 0 Å². The zero-order valence-corrected chi connectivity index (χ0v) is 8.86. The third-order valence-corrected chi connectivity index (χ3v) is 2.37. The number of benzene rings is 1. The standard InChI is InChI=1S/C11H14N2O2/c1-12-11-13-10(7-15-11)8-3-5-9(14-2)6-4-8/h3-6,10H,7H2,1-2H3,(H,12,13). The van der Waals surface area contributed by atoms with Crippen molar-refractivity contribution < 1.29 is 9.47 Å². The fraction of sp³-hybridized carbons (Fsp3) is 0.364. The first-order valence-corrected chi connectivity index (χ1v) is 4.86. The van der Waals surface area contributed by atoms with Crippen LogP contribution in [-0.4, -0.2) is 26.8 Å². The summed E-state index contributed by atoms with van der Waals surface area (Å²) in [5, 5.41) is 2.89. The van der Waals surface area contributed by atoms with Gasteiger partial charge in [0, 0.05) is 7.05 Å². The fourth-order valence-corrected chi connectivity index (χ4v) is 1.51. The quantitative estimate of drug-likeness (QED) is 0.794. The minimum atomic E-state index is 0.0957. The van der Waals surface area contributed by atoms with Gasteiger partial charge in [0.15, 0.2) is 0 Å². The molecule has 15 heavy (non-hydrogen) atoms. The zero-order valence-electron chi connectivity index (χ0n) is 8.86. The van der Waals surface area contributed by atoms with Crippen molar-refractivity contribution >= 4 is 6.02 Å². The van der Waals surface area contributed by atoms with Crippen molar-refractivity contribution in [2.75, 3.05) is 20.8 Å². The van der Waals surface area contributed by atoms with Crippen molar-refractivity contribution in [1.82, 2.24) is 5.32 Å². The lowest BCUT2D eigenvalue weighted by Crippen LogP contribution is -2.17. The van der Waals surface area contributed by atoms with Crippen molar-refractivity contribution in [2.45, 2.75) is 6.04 Å². The number of ether oxygens (including phenoxy) is 2. The van der Waals surface area contributed by atoms with Gasteiger partial charge in [0.25, 0.3) is 6.02 Å². The number of hydrogen-bond donors (Lipinski definition) is 1. The van der Waals surface area contributed by atoms with Crippen LogP contribution in [0, 0.1) is 0 Å². The molecule has 2 rings (SSSR count). The van der Waals surface area contributed by atoms with Crippen molar-refractivity contribution in [3.05, 3.63) is 29.8 Å². The van der Waals surface area contributed by atoms with Crippen LogP contribution in [0.2, 0.25) is 0 Å². The number of rotatable bonds is 2. The molecule has 1 heterocycles. The average molecular weight is 206 g/mol. The molecule has 0 aromatic heterocycles. The van der Waals surface area contributed by atoms with E-state index < -0.39 is 0 Å². The SMILES string of the molecule is CNC1=NC(c2ccc(OC)cc2)CO1. The molecule has 4 heteroatoms. The summed E-state index contributed by atoms with van der Waals surface area (Å²) < 4.78 is 10.4. The molecule has 1 N–H and O–H groups in total. The Morgan fingerprint density at radius 3 is 2.67 bits per heavy atom. The largest absolute Gasteiger partial charge is 0.497 e. The molecule has 4 nitrogen and oxygen atoms in total. The molecule has 0 spiro atoms. The molecule has 1 unspecified atom stereocenters. The molecule has 0 bridgehead atoms. The molecule has 1 atom stereocenters. The summed E-state index contributed by atoms with van der Waals surface area (Å²) in [6.45, 7) is 0.600. The monoisotopic (exact) mass is 206 g/mol. The molecule has 1 aliphatic heterocycles. The lowest BCUT2D eigenvalue weighted by atomic mass is 10.1. The van der Waals surface area contributed by atoms with E-state index in [1.807, 2.05) is 24.3 Å². The maximum atomic E-state index is 5.33. The first-order valence-electron chi connectivity index (χ1n) is 4.86. The molecule has 0 saturated carbocycles. The molecule has 0 amide bonds. The third kappa shape index (κ3) is 2.03. The Bertz CT molecular complexity index is 359. The number of aliphatic imine (C=N–C) groups is 1. The van der Waals surface area contributed by atoms with Crippen LogP contribution in [0.3, 0.4) is 0 Å². The summed E-state index contributed by atoms with van der Waals surface area (Å²) in [4.78, 5) is 4.37. The summed E-state index contributed by atoms with van der Waals surface area (Å²) in [6, 6.07) is 8.59. The number of hydrogen-bond acceptors (Lipinski definition) is 4. The Hall–Kier alpha value is -1.71. The smallest absolute Gasteiger partial charge is 0.285 e. The fourth-order valence-electron chi connectivity index (χ4n) is 1.51. The van der Waals surface area contributed by atoms with Crippen molar-refractivity contribution in [3.8, 4) is 5.75 Å². The third-order valence-electron chi connectivity index (χ3n) is 2.37. The normalized spacial score (nSPS) is 19.3. The van der Waals surface area contributed by atoms with E-state index in [-0.39, 0.29) is 6.04 Å². The minimum Gasteiger partial charge on any atom is -0.497 e. The Morgan fingerprint density at radius 2 is 2.13 bits per heavy atom. The van der Waals surface area contributed by atoms with E-state index in [2.05, 4.69) is 10.3 Å². The molecular weight excluding hydrogens is 192 g/mol. The van der Waals surface area contributed by atoms with E-state index >= 15 is 0 Å². The highest BCUT2D eigenvalue weighted by Crippen LogP contribution is 2.24. The second-order valence-corrected chi connectivity index (χ2v) is 3.28. The van der Waals surface area contributed by atoms with Crippen LogP contribution in [0.25, 0.3) is 0 Å². The van der Waals surface area contributed by atoms with E-state index in [0.29, 0.717) is 12.6 Å². The van der Waals surface area contributed by atoms with Crippen LogP contribution in [0.5, 0.6) is 5.75 Å². The zero-order chi connectivity index (χ0) is 10.7. The van der Waals surface area contributed by atoms with Gasteiger partial charge in [-0.2, -0.15) is 0 Å². The summed E-state index contributed by atoms with van der Waals surface area (Å²) in [6.07, 6.45) is 0.